The van der Waals surface area contributed by atoms with Crippen molar-refractivity contribution in [2.24, 2.45) is 0 Å². The van der Waals surface area contributed by atoms with Gasteiger partial charge in [-0.2, -0.15) is 0 Å². The Bertz CT molecular complexity index is 659. The van der Waals surface area contributed by atoms with Gasteiger partial charge in [-0.15, -0.1) is 0 Å². The van der Waals surface area contributed by atoms with E-state index in [0.29, 0.717) is 11.3 Å². The Morgan fingerprint density at radius 2 is 1.94 bits per heavy atom. The molecule has 0 spiro atoms. The maximum Gasteiger partial charge on any atom is 0.344 e. The maximum atomic E-state index is 11.6. The van der Waals surface area contributed by atoms with E-state index in [2.05, 4.69) is 4.98 Å². The van der Waals surface area contributed by atoms with E-state index in [0.717, 1.165) is 16.8 Å². The zero-order chi connectivity index (χ0) is 12.5. The molecule has 0 saturated carbocycles. The molecule has 0 saturated heterocycles. The third kappa shape index (κ3) is 1.80. The van der Waals surface area contributed by atoms with Crippen molar-refractivity contribution in [1.82, 2.24) is 4.98 Å². The molecular weight excluding hydrogens is 226 g/mol. The van der Waals surface area contributed by atoms with Crippen LogP contribution in [0.25, 0.3) is 11.8 Å². The summed E-state index contributed by atoms with van der Waals surface area (Å²) in [7, 11) is 0. The summed E-state index contributed by atoms with van der Waals surface area (Å²) in [5.41, 5.74) is 3.34. The Kier molecular flexibility index (Phi) is 2.45. The number of hydrogen-bond donors (Lipinski definition) is 0. The summed E-state index contributed by atoms with van der Waals surface area (Å²) in [6.45, 7) is 2.00. The highest BCUT2D eigenvalue weighted by molar-refractivity contribution is 6.05. The number of nitrogens with zero attached hydrogens (tertiary/aromatic N) is 1. The molecule has 0 fully saturated rings. The van der Waals surface area contributed by atoms with Crippen molar-refractivity contribution in [3.63, 3.8) is 0 Å². The van der Waals surface area contributed by atoms with Crippen LogP contribution in [0.2, 0.25) is 0 Å². The Hall–Kier alpha value is -2.42. The molecule has 2 heterocycles. The second-order valence-electron chi connectivity index (χ2n) is 4.20. The van der Waals surface area contributed by atoms with Crippen LogP contribution in [0.5, 0.6) is 0 Å². The summed E-state index contributed by atoms with van der Waals surface area (Å²) < 4.78 is 5.26. The van der Waals surface area contributed by atoms with Gasteiger partial charge in [-0.25, -0.2) is 4.79 Å². The minimum Gasteiger partial charge on any atom is -0.422 e. The number of carbonyl (C=O) groups is 1. The lowest BCUT2D eigenvalue weighted by Crippen LogP contribution is -1.92. The molecule has 0 N–H and O–H groups in total. The van der Waals surface area contributed by atoms with Crippen molar-refractivity contribution in [1.29, 1.82) is 0 Å². The molecular formula is C15H11NO2. The maximum absolute atomic E-state index is 11.6. The lowest BCUT2D eigenvalue weighted by atomic mass is 10.1. The van der Waals surface area contributed by atoms with Crippen LogP contribution in [0.3, 0.4) is 0 Å². The third-order valence-corrected chi connectivity index (χ3v) is 2.83. The molecule has 3 heteroatoms. The summed E-state index contributed by atoms with van der Waals surface area (Å²) in [4.78, 5) is 15.9. The van der Waals surface area contributed by atoms with E-state index in [1.54, 1.807) is 18.3 Å². The molecule has 88 valence electrons. The molecule has 0 bridgehead atoms. The summed E-state index contributed by atoms with van der Waals surface area (Å²) >= 11 is 0. The average Bonchev–Trinajstić information content (AvgIpc) is 2.67. The summed E-state index contributed by atoms with van der Waals surface area (Å²) in [6, 6.07) is 11.2. The number of cyclic esters (lactones) is 1. The lowest BCUT2D eigenvalue weighted by Gasteiger charge is -1.99. The zero-order valence-electron chi connectivity index (χ0n) is 9.88. The smallest absolute Gasteiger partial charge is 0.344 e. The highest BCUT2D eigenvalue weighted by Gasteiger charge is 2.25. The van der Waals surface area contributed by atoms with Gasteiger partial charge in [0.1, 0.15) is 5.76 Å². The topological polar surface area (TPSA) is 39.2 Å². The van der Waals surface area contributed by atoms with Crippen molar-refractivity contribution in [3.8, 4) is 0 Å². The van der Waals surface area contributed by atoms with Crippen LogP contribution in [0.4, 0.5) is 0 Å². The number of benzene rings is 1. The van der Waals surface area contributed by atoms with Crippen LogP contribution >= 0.6 is 0 Å². The number of rotatable bonds is 1. The molecule has 0 atom stereocenters. The summed E-state index contributed by atoms with van der Waals surface area (Å²) in [5, 5.41) is 0. The first-order chi connectivity index (χ1) is 8.74. The molecule has 2 aromatic rings. The number of esters is 1. The van der Waals surface area contributed by atoms with E-state index in [-0.39, 0.29) is 5.97 Å². The van der Waals surface area contributed by atoms with Crippen LogP contribution < -0.4 is 0 Å². The van der Waals surface area contributed by atoms with Crippen LogP contribution in [-0.2, 0) is 4.74 Å². The molecule has 1 aromatic carbocycles. The minimum absolute atomic E-state index is 0.301. The molecule has 18 heavy (non-hydrogen) atoms. The van der Waals surface area contributed by atoms with Gasteiger partial charge in [0.05, 0.1) is 11.3 Å². The van der Waals surface area contributed by atoms with Gasteiger partial charge >= 0.3 is 5.97 Å². The molecule has 1 aliphatic heterocycles. The molecule has 1 aliphatic rings. The highest BCUT2D eigenvalue weighted by atomic mass is 16.5. The van der Waals surface area contributed by atoms with Gasteiger partial charge < -0.3 is 4.74 Å². The molecule has 3 nitrogen and oxygen atoms in total. The van der Waals surface area contributed by atoms with E-state index in [9.17, 15) is 4.79 Å². The Morgan fingerprint density at radius 3 is 2.72 bits per heavy atom. The molecule has 0 unspecified atom stereocenters. The Labute approximate surface area is 105 Å². The predicted octanol–water partition coefficient (Wildman–Crippen LogP) is 3.06. The van der Waals surface area contributed by atoms with E-state index < -0.39 is 0 Å². The normalized spacial score (nSPS) is 15.6. The van der Waals surface area contributed by atoms with Gasteiger partial charge in [0.25, 0.3) is 0 Å². The van der Waals surface area contributed by atoms with Crippen LogP contribution in [0.1, 0.15) is 27.2 Å². The van der Waals surface area contributed by atoms with Crippen LogP contribution in [0.15, 0.2) is 42.6 Å². The number of pyridine rings is 1. The fourth-order valence-electron chi connectivity index (χ4n) is 1.97. The molecule has 0 amide bonds. The van der Waals surface area contributed by atoms with Gasteiger partial charge in [-0.1, -0.05) is 18.2 Å². The molecule has 0 radical (unpaired) electrons. The average molecular weight is 237 g/mol. The van der Waals surface area contributed by atoms with E-state index in [1.807, 2.05) is 37.3 Å². The van der Waals surface area contributed by atoms with E-state index in [4.69, 9.17) is 4.74 Å². The Morgan fingerprint density at radius 1 is 1.17 bits per heavy atom. The monoisotopic (exact) mass is 237 g/mol. The van der Waals surface area contributed by atoms with Crippen LogP contribution in [0, 0.1) is 6.92 Å². The second kappa shape index (κ2) is 4.11. The third-order valence-electron chi connectivity index (χ3n) is 2.83. The first-order valence-corrected chi connectivity index (χ1v) is 5.70. The summed E-state index contributed by atoms with van der Waals surface area (Å²) in [5.74, 6) is 0.262. The van der Waals surface area contributed by atoms with E-state index in [1.165, 1.54) is 0 Å². The zero-order valence-corrected chi connectivity index (χ0v) is 9.88. The fraction of sp³-hybridized carbons (Fsp3) is 0.0667. The number of aryl methyl sites for hydroxylation is 1. The Balaban J connectivity index is 2.07. The largest absolute Gasteiger partial charge is 0.422 e. The predicted molar refractivity (Wildman–Crippen MR) is 68.7 cm³/mol. The molecule has 0 aliphatic carbocycles. The standard InChI is InChI=1S/C15H11NO2/c1-10-6-7-16-11(8-10)9-14-12-4-2-3-5-13(12)15(17)18-14/h2-9H,1H3. The highest BCUT2D eigenvalue weighted by Crippen LogP contribution is 2.30. The lowest BCUT2D eigenvalue weighted by molar-refractivity contribution is 0.0717. The SMILES string of the molecule is Cc1ccnc(C=C2OC(=O)c3ccccc32)c1. The first-order valence-electron chi connectivity index (χ1n) is 5.70. The number of hydrogen-bond acceptors (Lipinski definition) is 3. The second-order valence-corrected chi connectivity index (χ2v) is 4.20. The minimum atomic E-state index is -0.301. The van der Waals surface area contributed by atoms with Gasteiger partial charge in [0.15, 0.2) is 0 Å². The van der Waals surface area contributed by atoms with Crippen molar-refractivity contribution in [2.75, 3.05) is 0 Å². The van der Waals surface area contributed by atoms with Crippen molar-refractivity contribution < 1.29 is 9.53 Å². The first kappa shape index (κ1) is 10.7. The van der Waals surface area contributed by atoms with Crippen molar-refractivity contribution in [2.45, 2.75) is 6.92 Å². The molecule has 1 aromatic heterocycles. The summed E-state index contributed by atoms with van der Waals surface area (Å²) in [6.07, 6.45) is 3.53. The number of carbonyl (C=O) groups excluding carboxylic acids is 1. The quantitative estimate of drug-likeness (QED) is 0.715. The van der Waals surface area contributed by atoms with Gasteiger partial charge in [0, 0.05) is 17.8 Å². The van der Waals surface area contributed by atoms with E-state index >= 15 is 0 Å². The number of aromatic nitrogens is 1. The van der Waals surface area contributed by atoms with Crippen molar-refractivity contribution in [3.05, 3.63) is 65.0 Å². The molecule has 3 rings (SSSR count). The van der Waals surface area contributed by atoms with Gasteiger partial charge in [0.2, 0.25) is 0 Å². The van der Waals surface area contributed by atoms with Gasteiger partial charge in [-0.3, -0.25) is 4.98 Å². The van der Waals surface area contributed by atoms with Crippen LogP contribution in [-0.4, -0.2) is 11.0 Å². The fourth-order valence-corrected chi connectivity index (χ4v) is 1.97. The number of ether oxygens (including phenoxy) is 1. The number of fused-ring (bicyclic) bond motifs is 1. The van der Waals surface area contributed by atoms with Gasteiger partial charge in [-0.05, 0) is 30.7 Å². The van der Waals surface area contributed by atoms with Crippen molar-refractivity contribution >= 4 is 17.8 Å².